The molecule has 6 heterocycles. The topological polar surface area (TPSA) is 160 Å². The molecule has 8 rings (SSSR count). The van der Waals surface area contributed by atoms with Crippen molar-refractivity contribution in [2.45, 2.75) is 90.3 Å². The molecule has 2 amide bonds. The third-order valence-corrected chi connectivity index (χ3v) is 11.1. The van der Waals surface area contributed by atoms with Crippen LogP contribution >= 0.6 is 23.2 Å². The Morgan fingerprint density at radius 1 is 0.641 bits per heavy atom. The van der Waals surface area contributed by atoms with Gasteiger partial charge in [-0.3, -0.25) is 9.97 Å². The van der Waals surface area contributed by atoms with E-state index in [1.165, 1.54) is 24.8 Å². The number of halogens is 4. The molecular weight excluding hydrogens is 865 g/mol. The molecule has 2 aromatic carbocycles. The van der Waals surface area contributed by atoms with E-state index < -0.39 is 22.8 Å². The first kappa shape index (κ1) is 46.0. The van der Waals surface area contributed by atoms with E-state index in [-0.39, 0.29) is 45.4 Å². The highest BCUT2D eigenvalue weighted by molar-refractivity contribution is 6.31. The predicted octanol–water partition coefficient (Wildman–Crippen LogP) is 11.4. The van der Waals surface area contributed by atoms with Crippen LogP contribution in [0.25, 0.3) is 21.8 Å². The molecule has 0 bridgehead atoms. The van der Waals surface area contributed by atoms with Crippen LogP contribution in [0.5, 0.6) is 0 Å². The Labute approximate surface area is 380 Å². The number of piperidine rings is 2. The van der Waals surface area contributed by atoms with Gasteiger partial charge in [0.1, 0.15) is 35.5 Å². The van der Waals surface area contributed by atoms with Gasteiger partial charge in [0.25, 0.3) is 0 Å². The molecule has 0 saturated carbocycles. The van der Waals surface area contributed by atoms with E-state index in [9.17, 15) is 18.4 Å². The van der Waals surface area contributed by atoms with Gasteiger partial charge >= 0.3 is 12.2 Å². The molecule has 2 aliphatic heterocycles. The average molecular weight is 916 g/mol. The maximum absolute atomic E-state index is 14.4. The molecule has 2 aliphatic rings. The molecule has 0 aliphatic carbocycles. The number of benzene rings is 2. The summed E-state index contributed by atoms with van der Waals surface area (Å²) in [6, 6.07) is 13.3. The van der Waals surface area contributed by atoms with E-state index in [2.05, 4.69) is 40.5 Å². The largest absolute Gasteiger partial charge is 0.444 e. The summed E-state index contributed by atoms with van der Waals surface area (Å²) >= 11 is 11.8. The molecule has 6 aromatic rings. The van der Waals surface area contributed by atoms with Crippen LogP contribution in [0.4, 0.5) is 41.4 Å². The third-order valence-electron chi connectivity index (χ3n) is 10.5. The van der Waals surface area contributed by atoms with Gasteiger partial charge in [-0.25, -0.2) is 38.3 Å². The number of pyridine rings is 2. The summed E-state index contributed by atoms with van der Waals surface area (Å²) in [5.41, 5.74) is 2.29. The van der Waals surface area contributed by atoms with Crippen LogP contribution in [-0.4, -0.2) is 89.3 Å². The Bertz CT molecular complexity index is 2480. The molecule has 336 valence electrons. The van der Waals surface area contributed by atoms with E-state index in [0.29, 0.717) is 59.6 Å². The molecule has 1 unspecified atom stereocenters. The minimum atomic E-state index is -0.546. The molecular formula is C46H50Cl2F2N10O4. The highest BCUT2D eigenvalue weighted by Crippen LogP contribution is 2.34. The summed E-state index contributed by atoms with van der Waals surface area (Å²) < 4.78 is 39.8. The number of likely N-dealkylation sites (tertiary alicyclic amines) is 2. The highest BCUT2D eigenvalue weighted by Gasteiger charge is 2.31. The number of nitrogens with one attached hydrogen (secondary N) is 2. The lowest BCUT2D eigenvalue weighted by Gasteiger charge is -2.34. The maximum Gasteiger partial charge on any atom is 0.410 e. The van der Waals surface area contributed by atoms with Gasteiger partial charge in [0, 0.05) is 60.2 Å². The number of nitrogens with zero attached hydrogens (tertiary/aromatic N) is 8. The Kier molecular flexibility index (Phi) is 13.9. The molecule has 2 saturated heterocycles. The second kappa shape index (κ2) is 19.4. The van der Waals surface area contributed by atoms with E-state index in [4.69, 9.17) is 32.7 Å². The smallest absolute Gasteiger partial charge is 0.410 e. The lowest BCUT2D eigenvalue weighted by molar-refractivity contribution is 0.0187. The monoisotopic (exact) mass is 914 g/mol. The van der Waals surface area contributed by atoms with Crippen molar-refractivity contribution < 1.29 is 27.8 Å². The van der Waals surface area contributed by atoms with Crippen molar-refractivity contribution >= 4 is 80.2 Å². The lowest BCUT2D eigenvalue weighted by atomic mass is 9.94. The first-order chi connectivity index (χ1) is 30.4. The normalized spacial score (nSPS) is 16.8. The van der Waals surface area contributed by atoms with Crippen molar-refractivity contribution in [1.29, 1.82) is 0 Å². The van der Waals surface area contributed by atoms with Crippen molar-refractivity contribution in [3.63, 3.8) is 0 Å². The molecule has 2 fully saturated rings. The quantitative estimate of drug-likeness (QED) is 0.163. The number of rotatable bonds is 6. The Morgan fingerprint density at radius 2 is 1.05 bits per heavy atom. The van der Waals surface area contributed by atoms with Crippen LogP contribution in [0.15, 0.2) is 73.6 Å². The van der Waals surface area contributed by atoms with Crippen LogP contribution in [0.2, 0.25) is 10.0 Å². The summed E-state index contributed by atoms with van der Waals surface area (Å²) in [6.45, 7) is 13.5. The standard InChI is InChI=1S/2C23H25ClFN5O2/c2*1-23(2,3)32-22(31)30-9-5-6-14(12-30)18-10-15-19(11-26-18)27-13-28-21(15)29-17-8-4-7-16(24)20(17)25/h2*4,7-8,10-11,13-14H,5-6,9,12H2,1-3H3,(H,27,28,29)/t14-;/m0./s1. The number of fused-ring (bicyclic) bond motifs is 2. The molecule has 0 spiro atoms. The summed E-state index contributed by atoms with van der Waals surface area (Å²) in [6.07, 6.45) is 9.04. The zero-order valence-electron chi connectivity index (χ0n) is 36.5. The van der Waals surface area contributed by atoms with Gasteiger partial charge in [0.15, 0.2) is 11.6 Å². The van der Waals surface area contributed by atoms with Gasteiger partial charge in [0.05, 0.1) is 44.8 Å². The maximum atomic E-state index is 14.4. The van der Waals surface area contributed by atoms with Crippen molar-refractivity contribution in [2.24, 2.45) is 0 Å². The summed E-state index contributed by atoms with van der Waals surface area (Å²) in [5, 5.41) is 7.52. The number of ether oxygens (including phenoxy) is 2. The van der Waals surface area contributed by atoms with Crippen molar-refractivity contribution in [2.75, 3.05) is 36.8 Å². The van der Waals surface area contributed by atoms with Gasteiger partial charge in [0.2, 0.25) is 0 Å². The van der Waals surface area contributed by atoms with Crippen LogP contribution in [0, 0.1) is 11.6 Å². The second-order valence-corrected chi connectivity index (χ2v) is 18.5. The van der Waals surface area contributed by atoms with E-state index >= 15 is 0 Å². The molecule has 0 radical (unpaired) electrons. The summed E-state index contributed by atoms with van der Waals surface area (Å²) in [7, 11) is 0. The number of anilines is 4. The van der Waals surface area contributed by atoms with E-state index in [1.807, 2.05) is 53.7 Å². The van der Waals surface area contributed by atoms with E-state index in [0.717, 1.165) is 37.1 Å². The summed E-state index contributed by atoms with van der Waals surface area (Å²) in [4.78, 5) is 54.8. The van der Waals surface area contributed by atoms with Crippen molar-refractivity contribution in [3.8, 4) is 0 Å². The van der Waals surface area contributed by atoms with Gasteiger partial charge in [-0.2, -0.15) is 0 Å². The van der Waals surface area contributed by atoms with Crippen molar-refractivity contribution in [1.82, 2.24) is 39.7 Å². The fourth-order valence-electron chi connectivity index (χ4n) is 7.47. The highest BCUT2D eigenvalue weighted by atomic mass is 35.5. The Hall–Kier alpha value is -6.00. The minimum Gasteiger partial charge on any atom is -0.444 e. The number of aromatic nitrogens is 6. The lowest BCUT2D eigenvalue weighted by Crippen LogP contribution is -2.42. The number of carbonyl (C=O) groups is 2. The molecule has 2 atom stereocenters. The van der Waals surface area contributed by atoms with Gasteiger partial charge < -0.3 is 29.9 Å². The van der Waals surface area contributed by atoms with Crippen LogP contribution in [0.1, 0.15) is 90.4 Å². The Balaban J connectivity index is 0.000000191. The minimum absolute atomic E-state index is 0.0279. The average Bonchev–Trinajstić information content (AvgIpc) is 3.26. The molecule has 2 N–H and O–H groups in total. The Morgan fingerprint density at radius 3 is 1.44 bits per heavy atom. The number of amides is 2. The fraction of sp³-hybridized carbons (Fsp3) is 0.391. The number of hydrogen-bond acceptors (Lipinski definition) is 12. The van der Waals surface area contributed by atoms with Crippen LogP contribution in [-0.2, 0) is 9.47 Å². The van der Waals surface area contributed by atoms with Gasteiger partial charge in [-0.05, 0) is 104 Å². The van der Waals surface area contributed by atoms with Crippen LogP contribution in [0.3, 0.4) is 0 Å². The zero-order valence-corrected chi connectivity index (χ0v) is 38.0. The first-order valence-electron chi connectivity index (χ1n) is 21.0. The van der Waals surface area contributed by atoms with E-state index in [1.54, 1.807) is 46.5 Å². The predicted molar refractivity (Wildman–Crippen MR) is 244 cm³/mol. The van der Waals surface area contributed by atoms with Gasteiger partial charge in [-0.1, -0.05) is 35.3 Å². The summed E-state index contributed by atoms with van der Waals surface area (Å²) in [5.74, 6) is -0.0708. The third kappa shape index (κ3) is 11.4. The molecule has 14 nitrogen and oxygen atoms in total. The van der Waals surface area contributed by atoms with Gasteiger partial charge in [-0.15, -0.1) is 0 Å². The van der Waals surface area contributed by atoms with Crippen molar-refractivity contribution in [3.05, 3.63) is 107 Å². The first-order valence-corrected chi connectivity index (χ1v) is 21.8. The fourth-order valence-corrected chi connectivity index (χ4v) is 7.82. The second-order valence-electron chi connectivity index (χ2n) is 17.7. The van der Waals surface area contributed by atoms with Crippen LogP contribution < -0.4 is 10.6 Å². The molecule has 4 aromatic heterocycles. The number of hydrogen-bond donors (Lipinski definition) is 2. The number of carbonyl (C=O) groups excluding carboxylic acids is 2. The molecule has 18 heteroatoms. The molecule has 64 heavy (non-hydrogen) atoms. The SMILES string of the molecule is CC(C)(C)OC(=O)N1CCCC(c2cc3c(Nc4cccc(Cl)c4F)ncnc3cn2)C1.CC(C)(C)OC(=O)N1CCC[C@H](c2cc3c(Nc4cccc(Cl)c4F)ncnc3cn2)C1. The zero-order chi connectivity index (χ0) is 45.8.